The average molecular weight is 396 g/mol. The van der Waals surface area contributed by atoms with E-state index >= 15 is 0 Å². The van der Waals surface area contributed by atoms with Gasteiger partial charge < -0.3 is 48.2 Å². The Hall–Kier alpha value is 0.699. The molecule has 0 spiro atoms. The van der Waals surface area contributed by atoms with Gasteiger partial charge in [0.25, 0.3) is 6.26 Å². The van der Waals surface area contributed by atoms with Crippen LogP contribution < -0.4 is 10.2 Å². The molecule has 0 aromatic rings. The first-order valence-corrected chi connectivity index (χ1v) is 2.75. The summed E-state index contributed by atoms with van der Waals surface area (Å²) in [6.07, 6.45) is 1.75. The van der Waals surface area contributed by atoms with Crippen molar-refractivity contribution in [2.45, 2.75) is 0 Å². The van der Waals surface area contributed by atoms with Crippen molar-refractivity contribution in [2.24, 2.45) is 0 Å². The van der Waals surface area contributed by atoms with Crippen LogP contribution in [0, 0.1) is 46.4 Å². The maximum absolute atomic E-state index is 8.38. The van der Waals surface area contributed by atoms with Crippen molar-refractivity contribution < 1.29 is 49.6 Å². The van der Waals surface area contributed by atoms with Crippen LogP contribution in [0.5, 0.6) is 0 Å². The Kier molecular flexibility index (Phi) is 3430. The van der Waals surface area contributed by atoms with E-state index in [0.29, 0.717) is 12.5 Å². The number of nitriles is 4. The molecule has 0 unspecified atom stereocenters. The van der Waals surface area contributed by atoms with Crippen molar-refractivity contribution in [3.05, 3.63) is 0 Å². The van der Waals surface area contributed by atoms with E-state index in [0.717, 1.165) is 6.26 Å². The predicted octanol–water partition coefficient (Wildman–Crippen LogP) is -7.28. The summed E-state index contributed by atoms with van der Waals surface area (Å²) < 4.78 is 8.38. The summed E-state index contributed by atoms with van der Waals surface area (Å²) in [5.74, 6) is 0. The van der Waals surface area contributed by atoms with Crippen LogP contribution in [0.1, 0.15) is 0 Å². The van der Waals surface area contributed by atoms with Crippen molar-refractivity contribution in [3.8, 4) is 25.3 Å². The molecule has 14 nitrogen and oxygen atoms in total. The molecule has 21 heavy (non-hydrogen) atoms. The second-order valence-corrected chi connectivity index (χ2v) is 0.283. The number of hydrogen-bond donors (Lipinski definition) is 1. The van der Waals surface area contributed by atoms with Crippen molar-refractivity contribution in [1.82, 2.24) is 0 Å². The molecule has 0 bridgehead atoms. The Morgan fingerprint density at radius 2 is 0.810 bits per heavy atom. The number of rotatable bonds is 0. The SMILES string of the molecule is C#N.N#CO.N#C[O-].N#C[O-].O.O.O.O.[Ca+2].[Ca+2].[OH-].[OH-].[O]=[Ca]. The third-order valence-corrected chi connectivity index (χ3v) is 0. The van der Waals surface area contributed by atoms with Gasteiger partial charge in [-0.25, -0.2) is 15.8 Å². The molecule has 0 saturated heterocycles. The van der Waals surface area contributed by atoms with Crippen LogP contribution in [0.25, 0.3) is 0 Å². The number of aliphatic hydroxyl groups excluding tert-OH is 1. The molecule has 0 atom stereocenters. The molecule has 0 amide bonds. The van der Waals surface area contributed by atoms with E-state index in [2.05, 4.69) is 6.57 Å². The Morgan fingerprint density at radius 1 is 0.810 bits per heavy atom. The zero-order valence-electron chi connectivity index (χ0n) is 10.6. The van der Waals surface area contributed by atoms with Gasteiger partial charge in [0.1, 0.15) is 0 Å². The van der Waals surface area contributed by atoms with Crippen LogP contribution in [-0.4, -0.2) is 149 Å². The Bertz CT molecular complexity index is 173. The molecular weight excluding hydrogens is 384 g/mol. The molecule has 0 aliphatic carbocycles. The first kappa shape index (κ1) is 123. The number of nitrogens with zero attached hydrogens (tertiary/aromatic N) is 4. The van der Waals surface area contributed by atoms with E-state index in [4.69, 9.17) is 37.8 Å². The first-order valence-electron chi connectivity index (χ1n) is 1.85. The average Bonchev–Trinajstić information content (AvgIpc) is 2.14. The molecule has 0 saturated carbocycles. The van der Waals surface area contributed by atoms with Gasteiger partial charge in [-0.2, -0.15) is 5.26 Å². The third-order valence-electron chi connectivity index (χ3n) is 0. The molecule has 0 aliphatic heterocycles. The fourth-order valence-electron chi connectivity index (χ4n) is 0. The van der Waals surface area contributed by atoms with Gasteiger partial charge in [0.05, 0.1) is 0 Å². The fourth-order valence-corrected chi connectivity index (χ4v) is 0. The molecular formula is C4H12Ca3N4O10. The van der Waals surface area contributed by atoms with Gasteiger partial charge >= 0.3 is 113 Å². The van der Waals surface area contributed by atoms with Gasteiger partial charge in [-0.1, -0.05) is 0 Å². The molecule has 0 aliphatic rings. The third kappa shape index (κ3) is 14800. The van der Waals surface area contributed by atoms with Gasteiger partial charge in [0.2, 0.25) is 0 Å². The van der Waals surface area contributed by atoms with Gasteiger partial charge in [-0.05, 0) is 0 Å². The van der Waals surface area contributed by atoms with Crippen LogP contribution in [0.4, 0.5) is 0 Å². The summed E-state index contributed by atoms with van der Waals surface area (Å²) in [6.45, 7) is 3.50. The quantitative estimate of drug-likeness (QED) is 0.297. The van der Waals surface area contributed by atoms with Crippen LogP contribution >= 0.6 is 0 Å². The second kappa shape index (κ2) is 587. The molecule has 17 heteroatoms. The standard InChI is InChI=1S/3CHNO.CHN.3Ca.6H2O.O/c3*2-1-3;1-2;;;;;;;;;;/h3*3H;1H;;;;6*1H2;/q;;;;;2*+2;;;;;;;/p-4. The van der Waals surface area contributed by atoms with Crippen LogP contribution in [0.15, 0.2) is 0 Å². The molecule has 0 aromatic carbocycles. The first-order chi connectivity index (χ1) is 6.24. The topological polar surface area (TPSA) is 365 Å². The normalized spacial score (nSPS) is 1.38. The van der Waals surface area contributed by atoms with E-state index in [-0.39, 0.29) is 144 Å². The van der Waals surface area contributed by atoms with E-state index < -0.39 is 0 Å². The molecule has 0 heterocycles. The zero-order chi connectivity index (χ0) is 12.1. The zero-order valence-corrected chi connectivity index (χ0v) is 17.2. The Morgan fingerprint density at radius 3 is 0.810 bits per heavy atom. The molecule has 0 fully saturated rings. The van der Waals surface area contributed by atoms with Crippen LogP contribution in [0.2, 0.25) is 0 Å². The van der Waals surface area contributed by atoms with Gasteiger partial charge in [-0.3, -0.25) is 0 Å². The van der Waals surface area contributed by atoms with E-state index in [9.17, 15) is 0 Å². The predicted molar refractivity (Wildman–Crippen MR) is 61.7 cm³/mol. The molecule has 0 aromatic heterocycles. The summed E-state index contributed by atoms with van der Waals surface area (Å²) in [7, 11) is 0. The Balaban J connectivity index is -0.00000000319. The van der Waals surface area contributed by atoms with E-state index in [1.165, 1.54) is 0 Å². The number of hydrogen-bond acceptors (Lipinski definition) is 10. The number of aliphatic hydroxyl groups is 1. The van der Waals surface area contributed by atoms with Crippen molar-refractivity contribution in [3.63, 3.8) is 0 Å². The minimum atomic E-state index is 0. The van der Waals surface area contributed by atoms with Crippen LogP contribution in [0.3, 0.4) is 0 Å². The van der Waals surface area contributed by atoms with Crippen molar-refractivity contribution in [2.75, 3.05) is 0 Å². The summed E-state index contributed by atoms with van der Waals surface area (Å²) in [4.78, 5) is 0. The molecule has 11 N–H and O–H groups in total. The van der Waals surface area contributed by atoms with Crippen molar-refractivity contribution >= 4 is 111 Å². The summed E-state index contributed by atoms with van der Waals surface area (Å²) in [5.41, 5.74) is 0. The molecule has 114 valence electrons. The van der Waals surface area contributed by atoms with Crippen LogP contribution in [-0.2, 0) is 1.43 Å². The van der Waals surface area contributed by atoms with Gasteiger partial charge in [0, 0.05) is 19.1 Å². The van der Waals surface area contributed by atoms with E-state index in [1.54, 1.807) is 0 Å². The monoisotopic (exact) mass is 396 g/mol. The summed E-state index contributed by atoms with van der Waals surface area (Å²) in [6, 6.07) is 0. The Labute approximate surface area is 204 Å². The summed E-state index contributed by atoms with van der Waals surface area (Å²) >= 11 is 0.125. The van der Waals surface area contributed by atoms with Crippen molar-refractivity contribution in [1.29, 1.82) is 21.0 Å². The fraction of sp³-hybridized carbons (Fsp3) is 0. The van der Waals surface area contributed by atoms with E-state index in [1.807, 2.05) is 0 Å². The minimum absolute atomic E-state index is 0. The molecule has 0 rings (SSSR count). The van der Waals surface area contributed by atoms with Gasteiger partial charge in [-0.15, -0.1) is 0 Å². The molecule has 0 radical (unpaired) electrons. The van der Waals surface area contributed by atoms with Gasteiger partial charge in [0.15, 0.2) is 0 Å². The second-order valence-electron chi connectivity index (χ2n) is 0.283. The summed E-state index contributed by atoms with van der Waals surface area (Å²) in [5, 5.41) is 50.2. The maximum atomic E-state index is 8.38.